The second-order valence-corrected chi connectivity index (χ2v) is 6.96. The number of nitrogens with zero attached hydrogens (tertiary/aromatic N) is 2. The summed E-state index contributed by atoms with van der Waals surface area (Å²) in [7, 11) is 0. The van der Waals surface area contributed by atoms with Crippen molar-refractivity contribution >= 4 is 40.5 Å². The number of fused-ring (bicyclic) bond motifs is 1. The molecule has 1 aromatic heterocycles. The van der Waals surface area contributed by atoms with Crippen molar-refractivity contribution in [3.05, 3.63) is 87.7 Å². The molecule has 1 aliphatic rings. The molecule has 26 heavy (non-hydrogen) atoms. The molecule has 0 radical (unpaired) electrons. The average molecular weight is 384 g/mol. The van der Waals surface area contributed by atoms with Crippen molar-refractivity contribution in [2.75, 3.05) is 10.2 Å². The quantitative estimate of drug-likeness (QED) is 0.652. The van der Waals surface area contributed by atoms with Crippen molar-refractivity contribution in [2.45, 2.75) is 13.1 Å². The third-order valence-electron chi connectivity index (χ3n) is 4.34. The normalized spacial score (nSPS) is 15.9. The molecule has 0 aliphatic carbocycles. The number of aromatic nitrogens is 1. The van der Waals surface area contributed by atoms with Crippen LogP contribution < -0.4 is 10.2 Å². The summed E-state index contributed by atoms with van der Waals surface area (Å²) in [6, 6.07) is 16.6. The number of carbonyl (C=O) groups is 1. The molecule has 0 fully saturated rings. The Bertz CT molecular complexity index is 989. The highest BCUT2D eigenvalue weighted by atomic mass is 35.5. The zero-order valence-corrected chi connectivity index (χ0v) is 15.4. The van der Waals surface area contributed by atoms with Crippen LogP contribution in [0, 0.1) is 6.92 Å². The standard InChI is InChI=1S/C20H15Cl2N3O/c1-12-4-7-14(8-5-12)25-19(18-15(20(25)26)3-2-10-23-18)24-17-9-6-13(21)11-16(17)22/h2-11,19,24H,1H3/t19-/m0/s1. The first-order chi connectivity index (χ1) is 12.5. The Morgan fingerprint density at radius 3 is 2.58 bits per heavy atom. The van der Waals surface area contributed by atoms with Crippen LogP contribution in [0.1, 0.15) is 27.8 Å². The Balaban J connectivity index is 1.79. The van der Waals surface area contributed by atoms with E-state index in [9.17, 15) is 4.79 Å². The van der Waals surface area contributed by atoms with Gasteiger partial charge in [-0.05, 0) is 49.4 Å². The van der Waals surface area contributed by atoms with Gasteiger partial charge >= 0.3 is 0 Å². The van der Waals surface area contributed by atoms with Gasteiger partial charge in [0.2, 0.25) is 0 Å². The minimum absolute atomic E-state index is 0.0976. The molecule has 1 amide bonds. The number of rotatable bonds is 3. The minimum atomic E-state index is -0.458. The van der Waals surface area contributed by atoms with Gasteiger partial charge in [-0.3, -0.25) is 14.7 Å². The molecular weight excluding hydrogens is 369 g/mol. The van der Waals surface area contributed by atoms with E-state index >= 15 is 0 Å². The fourth-order valence-corrected chi connectivity index (χ4v) is 3.51. The van der Waals surface area contributed by atoms with Gasteiger partial charge in [0.1, 0.15) is 0 Å². The number of hydrogen-bond acceptors (Lipinski definition) is 3. The molecule has 2 heterocycles. The summed E-state index contributed by atoms with van der Waals surface area (Å²) in [5.74, 6) is -0.0976. The van der Waals surface area contributed by atoms with Crippen LogP contribution in [0.5, 0.6) is 0 Å². The zero-order chi connectivity index (χ0) is 18.3. The van der Waals surface area contributed by atoms with E-state index in [0.29, 0.717) is 27.0 Å². The van der Waals surface area contributed by atoms with Gasteiger partial charge in [0.15, 0.2) is 6.17 Å². The van der Waals surface area contributed by atoms with E-state index in [4.69, 9.17) is 23.2 Å². The summed E-state index contributed by atoms with van der Waals surface area (Å²) in [4.78, 5) is 19.1. The summed E-state index contributed by atoms with van der Waals surface area (Å²) in [5, 5.41) is 4.38. The average Bonchev–Trinajstić information content (AvgIpc) is 2.91. The van der Waals surface area contributed by atoms with Crippen molar-refractivity contribution in [3.63, 3.8) is 0 Å². The van der Waals surface area contributed by atoms with Crippen LogP contribution >= 0.6 is 23.2 Å². The number of anilines is 2. The summed E-state index contributed by atoms with van der Waals surface area (Å²) in [6.07, 6.45) is 1.23. The number of nitrogens with one attached hydrogen (secondary N) is 1. The highest BCUT2D eigenvalue weighted by Crippen LogP contribution is 2.38. The molecule has 4 nitrogen and oxygen atoms in total. The third-order valence-corrected chi connectivity index (χ3v) is 4.89. The number of benzene rings is 2. The summed E-state index contributed by atoms with van der Waals surface area (Å²) >= 11 is 12.3. The molecule has 0 unspecified atom stereocenters. The summed E-state index contributed by atoms with van der Waals surface area (Å²) < 4.78 is 0. The smallest absolute Gasteiger partial charge is 0.262 e. The predicted octanol–water partition coefficient (Wildman–Crippen LogP) is 5.47. The van der Waals surface area contributed by atoms with Crippen LogP contribution in [0.25, 0.3) is 0 Å². The van der Waals surface area contributed by atoms with E-state index in [-0.39, 0.29) is 5.91 Å². The molecule has 1 atom stereocenters. The largest absolute Gasteiger partial charge is 0.359 e. The maximum atomic E-state index is 13.0. The van der Waals surface area contributed by atoms with E-state index in [0.717, 1.165) is 11.3 Å². The van der Waals surface area contributed by atoms with E-state index in [1.165, 1.54) is 0 Å². The Morgan fingerprint density at radius 1 is 1.08 bits per heavy atom. The SMILES string of the molecule is Cc1ccc(N2C(=O)c3cccnc3[C@H]2Nc2ccc(Cl)cc2Cl)cc1. The lowest BCUT2D eigenvalue weighted by Gasteiger charge is -2.27. The molecule has 1 aliphatic heterocycles. The van der Waals surface area contributed by atoms with Gasteiger partial charge in [0.25, 0.3) is 5.91 Å². The first kappa shape index (κ1) is 16.9. The van der Waals surface area contributed by atoms with Crippen LogP contribution in [-0.4, -0.2) is 10.9 Å². The van der Waals surface area contributed by atoms with Gasteiger partial charge in [-0.15, -0.1) is 0 Å². The lowest BCUT2D eigenvalue weighted by molar-refractivity contribution is 0.0993. The van der Waals surface area contributed by atoms with Gasteiger partial charge in [0, 0.05) is 16.9 Å². The topological polar surface area (TPSA) is 45.2 Å². The Hall–Kier alpha value is -2.56. The number of halogens is 2. The van der Waals surface area contributed by atoms with Crippen LogP contribution in [0.4, 0.5) is 11.4 Å². The molecule has 0 saturated heterocycles. The van der Waals surface area contributed by atoms with Crippen molar-refractivity contribution in [1.29, 1.82) is 0 Å². The Labute approximate surface area is 161 Å². The maximum absolute atomic E-state index is 13.0. The van der Waals surface area contributed by atoms with Crippen LogP contribution in [0.2, 0.25) is 10.0 Å². The maximum Gasteiger partial charge on any atom is 0.262 e. The molecule has 0 saturated carbocycles. The predicted molar refractivity (Wildman–Crippen MR) is 105 cm³/mol. The molecular formula is C20H15Cl2N3O. The first-order valence-corrected chi connectivity index (χ1v) is 8.87. The molecule has 130 valence electrons. The minimum Gasteiger partial charge on any atom is -0.359 e. The van der Waals surface area contributed by atoms with E-state index in [1.807, 2.05) is 31.2 Å². The zero-order valence-electron chi connectivity index (χ0n) is 13.9. The molecule has 4 rings (SSSR count). The van der Waals surface area contributed by atoms with Crippen molar-refractivity contribution in [1.82, 2.24) is 4.98 Å². The van der Waals surface area contributed by atoms with Crippen LogP contribution in [0.15, 0.2) is 60.8 Å². The molecule has 0 bridgehead atoms. The van der Waals surface area contributed by atoms with Gasteiger partial charge in [-0.2, -0.15) is 0 Å². The summed E-state index contributed by atoms with van der Waals surface area (Å²) in [6.45, 7) is 2.01. The van der Waals surface area contributed by atoms with Gasteiger partial charge in [0.05, 0.1) is 22.0 Å². The van der Waals surface area contributed by atoms with Crippen LogP contribution in [-0.2, 0) is 0 Å². The number of aryl methyl sites for hydroxylation is 1. The first-order valence-electron chi connectivity index (χ1n) is 8.11. The van der Waals surface area contributed by atoms with E-state index in [2.05, 4.69) is 10.3 Å². The molecule has 6 heteroatoms. The monoisotopic (exact) mass is 383 g/mol. The molecule has 1 N–H and O–H groups in total. The van der Waals surface area contributed by atoms with Crippen molar-refractivity contribution < 1.29 is 4.79 Å². The Kier molecular flexibility index (Phi) is 4.31. The second kappa shape index (κ2) is 6.63. The number of carbonyl (C=O) groups excluding carboxylic acids is 1. The number of hydrogen-bond donors (Lipinski definition) is 1. The van der Waals surface area contributed by atoms with Crippen molar-refractivity contribution in [2.24, 2.45) is 0 Å². The molecule has 3 aromatic rings. The summed E-state index contributed by atoms with van der Waals surface area (Å²) in [5.41, 5.74) is 3.85. The van der Waals surface area contributed by atoms with Gasteiger partial charge < -0.3 is 5.32 Å². The van der Waals surface area contributed by atoms with E-state index in [1.54, 1.807) is 41.4 Å². The van der Waals surface area contributed by atoms with Crippen LogP contribution in [0.3, 0.4) is 0 Å². The molecule has 2 aromatic carbocycles. The lowest BCUT2D eigenvalue weighted by atomic mass is 10.2. The highest BCUT2D eigenvalue weighted by Gasteiger charge is 2.39. The molecule has 0 spiro atoms. The number of pyridine rings is 1. The second-order valence-electron chi connectivity index (χ2n) is 6.12. The number of amides is 1. The lowest BCUT2D eigenvalue weighted by Crippen LogP contribution is -2.32. The fraction of sp³-hybridized carbons (Fsp3) is 0.100. The fourth-order valence-electron chi connectivity index (χ4n) is 3.04. The van der Waals surface area contributed by atoms with Crippen molar-refractivity contribution in [3.8, 4) is 0 Å². The Morgan fingerprint density at radius 2 is 1.85 bits per heavy atom. The van der Waals surface area contributed by atoms with E-state index < -0.39 is 6.17 Å². The van der Waals surface area contributed by atoms with Gasteiger partial charge in [-0.25, -0.2) is 0 Å². The third kappa shape index (κ3) is 2.91. The highest BCUT2D eigenvalue weighted by molar-refractivity contribution is 6.36. The van der Waals surface area contributed by atoms with Gasteiger partial charge in [-0.1, -0.05) is 40.9 Å².